The molecule has 0 amide bonds. The third-order valence-electron chi connectivity index (χ3n) is 5.17. The summed E-state index contributed by atoms with van der Waals surface area (Å²) in [6, 6.07) is 13.9. The summed E-state index contributed by atoms with van der Waals surface area (Å²) in [5.41, 5.74) is 10.5. The number of rotatable bonds is 4. The van der Waals surface area contributed by atoms with Crippen LogP contribution in [0.3, 0.4) is 0 Å². The van der Waals surface area contributed by atoms with Gasteiger partial charge in [-0.2, -0.15) is 0 Å². The van der Waals surface area contributed by atoms with Crippen molar-refractivity contribution in [1.82, 2.24) is 19.9 Å². The molecule has 0 spiro atoms. The summed E-state index contributed by atoms with van der Waals surface area (Å²) in [7, 11) is 0. The fraction of sp³-hybridized carbons (Fsp3) is 0.261. The molecular weight excluding hydrogens is 378 g/mol. The first kappa shape index (κ1) is 18.4. The number of nitrogens with zero attached hydrogens (tertiary/aromatic N) is 3. The molecule has 1 aliphatic rings. The molecular formula is C23H23N5O2. The van der Waals surface area contributed by atoms with E-state index in [0.717, 1.165) is 51.6 Å². The molecule has 3 heterocycles. The Labute approximate surface area is 174 Å². The molecule has 2 aromatic heterocycles. The summed E-state index contributed by atoms with van der Waals surface area (Å²) in [6.07, 6.45) is 2.65. The minimum absolute atomic E-state index is 0.137. The maximum absolute atomic E-state index is 6.01. The van der Waals surface area contributed by atoms with Gasteiger partial charge in [-0.05, 0) is 62.2 Å². The molecule has 0 bridgehead atoms. The second kappa shape index (κ2) is 7.33. The molecule has 30 heavy (non-hydrogen) atoms. The summed E-state index contributed by atoms with van der Waals surface area (Å²) in [5, 5.41) is 0. The number of hydrogen-bond donors (Lipinski definition) is 2. The Hall–Kier alpha value is -3.61. The number of H-pyrrole nitrogens is 1. The zero-order chi connectivity index (χ0) is 20.7. The van der Waals surface area contributed by atoms with E-state index in [1.54, 1.807) is 6.20 Å². The quantitative estimate of drug-likeness (QED) is 0.534. The van der Waals surface area contributed by atoms with Gasteiger partial charge in [0.2, 0.25) is 5.95 Å². The van der Waals surface area contributed by atoms with Gasteiger partial charge in [0, 0.05) is 11.8 Å². The van der Waals surface area contributed by atoms with Crippen molar-refractivity contribution < 1.29 is 9.47 Å². The number of aromatic amines is 1. The summed E-state index contributed by atoms with van der Waals surface area (Å²) >= 11 is 0. The van der Waals surface area contributed by atoms with Gasteiger partial charge >= 0.3 is 0 Å². The van der Waals surface area contributed by atoms with Crippen LogP contribution in [0.25, 0.3) is 22.3 Å². The Morgan fingerprint density at radius 1 is 1.13 bits per heavy atom. The number of aromatic nitrogens is 4. The molecule has 0 aliphatic carbocycles. The lowest BCUT2D eigenvalue weighted by Gasteiger charge is -2.24. The summed E-state index contributed by atoms with van der Waals surface area (Å²) < 4.78 is 11.8. The number of benzene rings is 2. The van der Waals surface area contributed by atoms with E-state index < -0.39 is 0 Å². The molecule has 3 N–H and O–H groups in total. The van der Waals surface area contributed by atoms with Crippen LogP contribution < -0.4 is 15.2 Å². The van der Waals surface area contributed by atoms with Crippen LogP contribution in [0.1, 0.15) is 31.2 Å². The minimum atomic E-state index is 0.137. The lowest BCUT2D eigenvalue weighted by molar-refractivity contribution is 0.237. The number of nitrogen functional groups attached to an aromatic ring is 1. The third kappa shape index (κ3) is 3.54. The van der Waals surface area contributed by atoms with Crippen LogP contribution in [0.2, 0.25) is 0 Å². The first-order chi connectivity index (χ1) is 14.5. The Balaban J connectivity index is 1.43. The summed E-state index contributed by atoms with van der Waals surface area (Å²) in [6.45, 7) is 4.64. The van der Waals surface area contributed by atoms with Crippen LogP contribution >= 0.6 is 0 Å². The second-order valence-corrected chi connectivity index (χ2v) is 7.80. The highest BCUT2D eigenvalue weighted by molar-refractivity contribution is 5.81. The van der Waals surface area contributed by atoms with E-state index in [2.05, 4.69) is 21.0 Å². The van der Waals surface area contributed by atoms with E-state index in [9.17, 15) is 0 Å². The Morgan fingerprint density at radius 3 is 2.87 bits per heavy atom. The van der Waals surface area contributed by atoms with E-state index in [1.807, 2.05) is 50.2 Å². The molecule has 2 aromatic carbocycles. The smallest absolute Gasteiger partial charge is 0.220 e. The lowest BCUT2D eigenvalue weighted by Crippen LogP contribution is -2.20. The molecule has 1 atom stereocenters. The molecule has 0 radical (unpaired) electrons. The zero-order valence-corrected chi connectivity index (χ0v) is 16.9. The Morgan fingerprint density at radius 2 is 2.03 bits per heavy atom. The van der Waals surface area contributed by atoms with E-state index in [0.29, 0.717) is 6.61 Å². The fourth-order valence-corrected chi connectivity index (χ4v) is 3.81. The standard InChI is InChI=1S/C23H23N5O2/c1-13(2)30-17-4-6-21-15(10-17)9-16(12-29-21)22-26-19-5-3-14(11-20(19)27-22)18-7-8-25-23(24)28-18/h3-8,10-11,13,16H,9,12H2,1-2H3,(H,26,27)(H2,24,25,28). The molecule has 0 fully saturated rings. The molecule has 0 saturated carbocycles. The van der Waals surface area contributed by atoms with Crippen LogP contribution in [-0.4, -0.2) is 32.6 Å². The van der Waals surface area contributed by atoms with Gasteiger partial charge in [0.1, 0.15) is 17.3 Å². The van der Waals surface area contributed by atoms with Crippen molar-refractivity contribution in [3.63, 3.8) is 0 Å². The number of nitrogens with one attached hydrogen (secondary N) is 1. The van der Waals surface area contributed by atoms with Gasteiger partial charge < -0.3 is 20.2 Å². The van der Waals surface area contributed by atoms with E-state index in [-0.39, 0.29) is 18.0 Å². The lowest BCUT2D eigenvalue weighted by atomic mass is 9.96. The maximum atomic E-state index is 6.01. The van der Waals surface area contributed by atoms with Crippen molar-refractivity contribution in [2.24, 2.45) is 0 Å². The average Bonchev–Trinajstić information content (AvgIpc) is 3.16. The maximum Gasteiger partial charge on any atom is 0.220 e. The normalized spacial score (nSPS) is 15.8. The van der Waals surface area contributed by atoms with Gasteiger partial charge in [0.05, 0.1) is 35.4 Å². The van der Waals surface area contributed by atoms with Crippen LogP contribution in [0.5, 0.6) is 11.5 Å². The molecule has 1 aliphatic heterocycles. The average molecular weight is 401 g/mol. The number of imidazole rings is 1. The van der Waals surface area contributed by atoms with Crippen molar-refractivity contribution in [3.05, 3.63) is 60.0 Å². The molecule has 4 aromatic rings. The van der Waals surface area contributed by atoms with Gasteiger partial charge in [0.15, 0.2) is 0 Å². The fourth-order valence-electron chi connectivity index (χ4n) is 3.81. The highest BCUT2D eigenvalue weighted by Gasteiger charge is 2.24. The van der Waals surface area contributed by atoms with Gasteiger partial charge in [-0.15, -0.1) is 0 Å². The molecule has 0 saturated heterocycles. The number of anilines is 1. The van der Waals surface area contributed by atoms with Crippen LogP contribution in [0, 0.1) is 0 Å². The van der Waals surface area contributed by atoms with Crippen molar-refractivity contribution in [3.8, 4) is 22.8 Å². The van der Waals surface area contributed by atoms with Gasteiger partial charge in [-0.3, -0.25) is 0 Å². The molecule has 7 nitrogen and oxygen atoms in total. The van der Waals surface area contributed by atoms with Gasteiger partial charge in [0.25, 0.3) is 0 Å². The highest BCUT2D eigenvalue weighted by atomic mass is 16.5. The number of hydrogen-bond acceptors (Lipinski definition) is 6. The minimum Gasteiger partial charge on any atom is -0.493 e. The van der Waals surface area contributed by atoms with Gasteiger partial charge in [-0.1, -0.05) is 6.07 Å². The van der Waals surface area contributed by atoms with Crippen LogP contribution in [0.15, 0.2) is 48.7 Å². The Kier molecular flexibility index (Phi) is 4.50. The molecule has 5 rings (SSSR count). The summed E-state index contributed by atoms with van der Waals surface area (Å²) in [5.74, 6) is 3.12. The van der Waals surface area contributed by atoms with Crippen LogP contribution in [0.4, 0.5) is 5.95 Å². The number of ether oxygens (including phenoxy) is 2. The van der Waals surface area contributed by atoms with Crippen molar-refractivity contribution in [1.29, 1.82) is 0 Å². The number of nitrogens with two attached hydrogens (primary N) is 1. The monoisotopic (exact) mass is 401 g/mol. The predicted molar refractivity (Wildman–Crippen MR) is 116 cm³/mol. The number of fused-ring (bicyclic) bond motifs is 2. The van der Waals surface area contributed by atoms with Crippen molar-refractivity contribution in [2.75, 3.05) is 12.3 Å². The topological polar surface area (TPSA) is 98.9 Å². The largest absolute Gasteiger partial charge is 0.493 e. The first-order valence-electron chi connectivity index (χ1n) is 10.1. The summed E-state index contributed by atoms with van der Waals surface area (Å²) in [4.78, 5) is 16.5. The van der Waals surface area contributed by atoms with E-state index in [4.69, 9.17) is 20.2 Å². The zero-order valence-electron chi connectivity index (χ0n) is 16.9. The first-order valence-corrected chi connectivity index (χ1v) is 10.1. The highest BCUT2D eigenvalue weighted by Crippen LogP contribution is 2.35. The molecule has 152 valence electrons. The molecule has 7 heteroatoms. The molecule has 1 unspecified atom stereocenters. The van der Waals surface area contributed by atoms with Gasteiger partial charge in [-0.25, -0.2) is 15.0 Å². The van der Waals surface area contributed by atoms with E-state index >= 15 is 0 Å². The second-order valence-electron chi connectivity index (χ2n) is 7.80. The van der Waals surface area contributed by atoms with Crippen molar-refractivity contribution >= 4 is 17.0 Å². The third-order valence-corrected chi connectivity index (χ3v) is 5.17. The predicted octanol–water partition coefficient (Wildman–Crippen LogP) is 4.11. The Bertz CT molecular complexity index is 1220. The van der Waals surface area contributed by atoms with Crippen LogP contribution in [-0.2, 0) is 6.42 Å². The SMILES string of the molecule is CC(C)Oc1ccc2c(c1)CC(c1nc3ccc(-c4ccnc(N)n4)cc3[nH]1)CO2. The van der Waals surface area contributed by atoms with Crippen molar-refractivity contribution in [2.45, 2.75) is 32.3 Å². The van der Waals surface area contributed by atoms with E-state index in [1.165, 1.54) is 0 Å².